The van der Waals surface area contributed by atoms with Crippen LogP contribution < -0.4 is 11.0 Å². The Kier molecular flexibility index (Phi) is 5.85. The van der Waals surface area contributed by atoms with Gasteiger partial charge in [0.1, 0.15) is 6.54 Å². The molecule has 3 aromatic carbocycles. The largest absolute Gasteiger partial charge is 0.476 e. The molecule has 0 bridgehead atoms. The average Bonchev–Trinajstić information content (AvgIpc) is 2.82. The van der Waals surface area contributed by atoms with Crippen molar-refractivity contribution in [2.45, 2.75) is 6.54 Å². The van der Waals surface area contributed by atoms with Crippen LogP contribution >= 0.6 is 0 Å². The van der Waals surface area contributed by atoms with Crippen molar-refractivity contribution in [3.63, 3.8) is 0 Å². The molecule has 8 heteroatoms. The van der Waals surface area contributed by atoms with Crippen molar-refractivity contribution in [2.75, 3.05) is 0 Å². The fraction of sp³-hybridized carbons (Fsp3) is 0.0417. The molecule has 0 aliphatic carbocycles. The van der Waals surface area contributed by atoms with Gasteiger partial charge in [-0.2, -0.15) is 10.2 Å². The summed E-state index contributed by atoms with van der Waals surface area (Å²) in [7, 11) is 0. The number of benzene rings is 3. The summed E-state index contributed by atoms with van der Waals surface area (Å²) in [6.07, 6.45) is 0. The highest BCUT2D eigenvalue weighted by Crippen LogP contribution is 2.13. The molecule has 8 nitrogen and oxygen atoms in total. The van der Waals surface area contributed by atoms with E-state index in [4.69, 9.17) is 0 Å². The van der Waals surface area contributed by atoms with Gasteiger partial charge in [-0.15, -0.1) is 0 Å². The first-order valence-corrected chi connectivity index (χ1v) is 9.75. The molecule has 158 valence electrons. The highest BCUT2D eigenvalue weighted by atomic mass is 16.4. The van der Waals surface area contributed by atoms with Crippen molar-refractivity contribution in [2.24, 2.45) is 5.10 Å². The summed E-state index contributed by atoms with van der Waals surface area (Å²) < 4.78 is 0.835. The number of carboxylic acids is 1. The fourth-order valence-electron chi connectivity index (χ4n) is 3.28. The quantitative estimate of drug-likeness (QED) is 0.363. The van der Waals surface area contributed by atoms with E-state index < -0.39 is 24.0 Å². The van der Waals surface area contributed by atoms with Crippen LogP contribution in [0.25, 0.3) is 10.8 Å². The van der Waals surface area contributed by atoms with E-state index in [0.717, 1.165) is 15.8 Å². The number of rotatable bonds is 6. The SMILES string of the molecule is O=C(Cn1nc(C(=O)O)c2ccccc2c1=O)NN=C(c1ccccc1)c1ccccc1. The van der Waals surface area contributed by atoms with Gasteiger partial charge < -0.3 is 5.11 Å². The summed E-state index contributed by atoms with van der Waals surface area (Å²) in [5.41, 5.74) is 3.74. The van der Waals surface area contributed by atoms with Crippen molar-refractivity contribution in [1.29, 1.82) is 0 Å². The lowest BCUT2D eigenvalue weighted by Gasteiger charge is -2.10. The van der Waals surface area contributed by atoms with Crippen LogP contribution in [0.1, 0.15) is 21.6 Å². The lowest BCUT2D eigenvalue weighted by molar-refractivity contribution is -0.121. The fourth-order valence-corrected chi connectivity index (χ4v) is 3.28. The number of hydrogen-bond acceptors (Lipinski definition) is 5. The Morgan fingerprint density at radius 2 is 1.38 bits per heavy atom. The summed E-state index contributed by atoms with van der Waals surface area (Å²) in [6, 6.07) is 24.9. The molecule has 4 rings (SSSR count). The van der Waals surface area contributed by atoms with Crippen LogP contribution in [0.5, 0.6) is 0 Å². The molecule has 4 aromatic rings. The third-order valence-corrected chi connectivity index (χ3v) is 4.75. The van der Waals surface area contributed by atoms with Crippen molar-refractivity contribution in [1.82, 2.24) is 15.2 Å². The first-order valence-electron chi connectivity index (χ1n) is 9.75. The lowest BCUT2D eigenvalue weighted by Crippen LogP contribution is -2.33. The lowest BCUT2D eigenvalue weighted by atomic mass is 10.0. The molecule has 1 heterocycles. The van der Waals surface area contributed by atoms with Crippen LogP contribution in [0.15, 0.2) is 94.8 Å². The number of carboxylic acid groups (broad SMARTS) is 1. The molecule has 0 saturated heterocycles. The molecule has 0 fully saturated rings. The maximum atomic E-state index is 12.7. The van der Waals surface area contributed by atoms with Gasteiger partial charge in [-0.3, -0.25) is 9.59 Å². The zero-order valence-electron chi connectivity index (χ0n) is 16.8. The number of hydrazone groups is 1. The predicted molar refractivity (Wildman–Crippen MR) is 120 cm³/mol. The summed E-state index contributed by atoms with van der Waals surface area (Å²) in [5, 5.41) is 18.0. The van der Waals surface area contributed by atoms with Crippen molar-refractivity contribution < 1.29 is 14.7 Å². The molecule has 0 radical (unpaired) electrons. The highest BCUT2D eigenvalue weighted by molar-refractivity contribution is 6.13. The third kappa shape index (κ3) is 4.29. The second-order valence-electron chi connectivity index (χ2n) is 6.89. The van der Waals surface area contributed by atoms with Crippen LogP contribution in [-0.2, 0) is 11.3 Å². The van der Waals surface area contributed by atoms with E-state index in [1.165, 1.54) is 12.1 Å². The van der Waals surface area contributed by atoms with Gasteiger partial charge in [0.05, 0.1) is 11.1 Å². The number of carbonyl (C=O) groups excluding carboxylic acids is 1. The molecule has 1 aromatic heterocycles. The van der Waals surface area contributed by atoms with Crippen LogP contribution in [0, 0.1) is 0 Å². The Bertz CT molecular complexity index is 1340. The number of nitrogens with zero attached hydrogens (tertiary/aromatic N) is 3. The number of aromatic nitrogens is 2. The number of fused-ring (bicyclic) bond motifs is 1. The smallest absolute Gasteiger partial charge is 0.357 e. The molecule has 0 aliphatic rings. The molecule has 0 atom stereocenters. The van der Waals surface area contributed by atoms with Gasteiger partial charge in [0.15, 0.2) is 5.69 Å². The topological polar surface area (TPSA) is 114 Å². The predicted octanol–water partition coefficient (Wildman–Crippen LogP) is 2.66. The minimum absolute atomic E-state index is 0.172. The van der Waals surface area contributed by atoms with E-state index in [9.17, 15) is 19.5 Å². The van der Waals surface area contributed by atoms with E-state index in [1.54, 1.807) is 12.1 Å². The molecular weight excluding hydrogens is 408 g/mol. The Morgan fingerprint density at radius 3 is 1.94 bits per heavy atom. The molecule has 0 aliphatic heterocycles. The molecule has 0 unspecified atom stereocenters. The Hall–Kier alpha value is -4.59. The van der Waals surface area contributed by atoms with Crippen molar-refractivity contribution in [3.8, 4) is 0 Å². The Labute approximate surface area is 182 Å². The summed E-state index contributed by atoms with van der Waals surface area (Å²) in [6.45, 7) is -0.482. The Morgan fingerprint density at radius 1 is 0.844 bits per heavy atom. The molecule has 2 N–H and O–H groups in total. The van der Waals surface area contributed by atoms with Gasteiger partial charge in [0.25, 0.3) is 11.5 Å². The van der Waals surface area contributed by atoms with Gasteiger partial charge in [-0.25, -0.2) is 14.9 Å². The second kappa shape index (κ2) is 9.05. The number of amides is 1. The summed E-state index contributed by atoms with van der Waals surface area (Å²) in [5.74, 6) is -1.90. The van der Waals surface area contributed by atoms with Crippen molar-refractivity contribution in [3.05, 3.63) is 112 Å². The molecule has 0 saturated carbocycles. The van der Waals surface area contributed by atoms with Crippen LogP contribution in [0.3, 0.4) is 0 Å². The van der Waals surface area contributed by atoms with E-state index in [-0.39, 0.29) is 16.5 Å². The zero-order chi connectivity index (χ0) is 22.5. The first-order chi connectivity index (χ1) is 15.5. The minimum Gasteiger partial charge on any atom is -0.476 e. The normalized spacial score (nSPS) is 10.5. The van der Waals surface area contributed by atoms with Gasteiger partial charge >= 0.3 is 5.97 Å². The second-order valence-corrected chi connectivity index (χ2v) is 6.89. The molecule has 1 amide bonds. The Balaban J connectivity index is 1.65. The summed E-state index contributed by atoms with van der Waals surface area (Å²) >= 11 is 0. The van der Waals surface area contributed by atoms with Gasteiger partial charge in [-0.05, 0) is 6.07 Å². The number of aromatic carboxylic acids is 1. The highest BCUT2D eigenvalue weighted by Gasteiger charge is 2.17. The van der Waals surface area contributed by atoms with Crippen LogP contribution in [0.2, 0.25) is 0 Å². The average molecular weight is 426 g/mol. The molecule has 32 heavy (non-hydrogen) atoms. The van der Waals surface area contributed by atoms with E-state index >= 15 is 0 Å². The number of hydrogen-bond donors (Lipinski definition) is 2. The van der Waals surface area contributed by atoms with E-state index in [2.05, 4.69) is 15.6 Å². The van der Waals surface area contributed by atoms with Crippen LogP contribution in [0.4, 0.5) is 0 Å². The van der Waals surface area contributed by atoms with Crippen LogP contribution in [-0.4, -0.2) is 32.5 Å². The number of carbonyl (C=O) groups is 2. The van der Waals surface area contributed by atoms with Gasteiger partial charge in [0, 0.05) is 16.5 Å². The third-order valence-electron chi connectivity index (χ3n) is 4.75. The molecule has 0 spiro atoms. The summed E-state index contributed by atoms with van der Waals surface area (Å²) in [4.78, 5) is 36.9. The maximum absolute atomic E-state index is 12.7. The van der Waals surface area contributed by atoms with Gasteiger partial charge in [0.2, 0.25) is 0 Å². The van der Waals surface area contributed by atoms with E-state index in [1.807, 2.05) is 60.7 Å². The van der Waals surface area contributed by atoms with E-state index in [0.29, 0.717) is 5.71 Å². The number of nitrogens with one attached hydrogen (secondary N) is 1. The standard InChI is InChI=1S/C24H18N4O4/c29-20(15-28-23(30)19-14-8-7-13-18(19)22(27-28)24(31)32)25-26-21(16-9-3-1-4-10-16)17-11-5-2-6-12-17/h1-14H,15H2,(H,25,29)(H,31,32). The minimum atomic E-state index is -1.29. The zero-order valence-corrected chi connectivity index (χ0v) is 16.8. The first kappa shape index (κ1) is 20.7. The van der Waals surface area contributed by atoms with Crippen molar-refractivity contribution >= 4 is 28.4 Å². The van der Waals surface area contributed by atoms with Gasteiger partial charge in [-0.1, -0.05) is 78.9 Å². The maximum Gasteiger partial charge on any atom is 0.357 e. The monoisotopic (exact) mass is 426 g/mol. The molecular formula is C24H18N4O4.